The zero-order valence-electron chi connectivity index (χ0n) is 16.8. The van der Waals surface area contributed by atoms with E-state index in [1.54, 1.807) is 30.5 Å². The Kier molecular flexibility index (Phi) is 5.44. The lowest BCUT2D eigenvalue weighted by Gasteiger charge is -2.11. The van der Waals surface area contributed by atoms with Gasteiger partial charge in [0.25, 0.3) is 0 Å². The highest BCUT2D eigenvalue weighted by Crippen LogP contribution is 2.35. The van der Waals surface area contributed by atoms with Gasteiger partial charge in [-0.15, -0.1) is 5.10 Å². The zero-order chi connectivity index (χ0) is 23.1. The van der Waals surface area contributed by atoms with E-state index in [4.69, 9.17) is 23.2 Å². The summed E-state index contributed by atoms with van der Waals surface area (Å²) < 4.78 is 29.6. The summed E-state index contributed by atoms with van der Waals surface area (Å²) in [6, 6.07) is 17.4. The molecular formula is C24H14Cl2F2N4O. The molecule has 0 saturated carbocycles. The molecule has 3 aromatic carbocycles. The Hall–Kier alpha value is -3.55. The maximum absolute atomic E-state index is 13.6. The fourth-order valence-electron chi connectivity index (χ4n) is 3.69. The van der Waals surface area contributed by atoms with Crippen LogP contribution in [-0.2, 0) is 6.54 Å². The van der Waals surface area contributed by atoms with Gasteiger partial charge in [-0.25, -0.2) is 18.3 Å². The van der Waals surface area contributed by atoms with Gasteiger partial charge in [0, 0.05) is 27.2 Å². The molecule has 0 aliphatic carbocycles. The quantitative estimate of drug-likeness (QED) is 0.322. The summed E-state index contributed by atoms with van der Waals surface area (Å²) in [7, 11) is 0. The fourth-order valence-corrected chi connectivity index (χ4v) is 3.94. The lowest BCUT2D eigenvalue weighted by molar-refractivity contribution is 0.572. The number of halogens is 4. The predicted molar refractivity (Wildman–Crippen MR) is 124 cm³/mol. The van der Waals surface area contributed by atoms with Crippen molar-refractivity contribution in [2.75, 3.05) is 0 Å². The molecule has 0 spiro atoms. The lowest BCUT2D eigenvalue weighted by Crippen LogP contribution is -2.23. The molecule has 5 aromatic rings. The average molecular weight is 483 g/mol. The van der Waals surface area contributed by atoms with Gasteiger partial charge in [0.1, 0.15) is 11.6 Å². The molecule has 33 heavy (non-hydrogen) atoms. The van der Waals surface area contributed by atoms with Gasteiger partial charge in [0.15, 0.2) is 5.65 Å². The number of hydrogen-bond acceptors (Lipinski definition) is 3. The minimum atomic E-state index is -0.730. The summed E-state index contributed by atoms with van der Waals surface area (Å²) in [6.07, 6.45) is 1.58. The lowest BCUT2D eigenvalue weighted by atomic mass is 9.97. The van der Waals surface area contributed by atoms with Crippen molar-refractivity contribution >= 4 is 28.8 Å². The van der Waals surface area contributed by atoms with E-state index in [0.717, 1.165) is 39.6 Å². The molecule has 0 aliphatic heterocycles. The van der Waals surface area contributed by atoms with Gasteiger partial charge < -0.3 is 0 Å². The second kappa shape index (κ2) is 8.42. The Morgan fingerprint density at radius 2 is 1.39 bits per heavy atom. The molecule has 0 fully saturated rings. The smallest absolute Gasteiger partial charge is 0.244 e. The Bertz CT molecular complexity index is 1520. The van der Waals surface area contributed by atoms with E-state index in [2.05, 4.69) is 10.2 Å². The predicted octanol–water partition coefficient (Wildman–Crippen LogP) is 5.86. The number of hydrogen-bond donors (Lipinski definition) is 0. The van der Waals surface area contributed by atoms with Gasteiger partial charge in [-0.3, -0.25) is 0 Å². The molecule has 9 heteroatoms. The van der Waals surface area contributed by atoms with Gasteiger partial charge >= 0.3 is 5.69 Å². The van der Waals surface area contributed by atoms with Gasteiger partial charge in [-0.1, -0.05) is 47.5 Å². The van der Waals surface area contributed by atoms with Crippen LogP contribution in [0.15, 0.2) is 77.7 Å². The average Bonchev–Trinajstić information content (AvgIpc) is 3.09. The van der Waals surface area contributed by atoms with Crippen molar-refractivity contribution in [2.24, 2.45) is 0 Å². The van der Waals surface area contributed by atoms with E-state index in [1.807, 2.05) is 24.3 Å². The van der Waals surface area contributed by atoms with Gasteiger partial charge in [-0.2, -0.15) is 9.61 Å². The van der Waals surface area contributed by atoms with Crippen molar-refractivity contribution in [3.05, 3.63) is 111 Å². The third-order valence-corrected chi connectivity index (χ3v) is 5.66. The molecule has 0 radical (unpaired) electrons. The number of nitrogens with zero attached hydrogens (tertiary/aromatic N) is 4. The summed E-state index contributed by atoms with van der Waals surface area (Å²) in [5.74, 6) is -1.46. The summed E-state index contributed by atoms with van der Waals surface area (Å²) >= 11 is 12.1. The normalized spacial score (nSPS) is 11.3. The van der Waals surface area contributed by atoms with E-state index in [-0.39, 0.29) is 12.1 Å². The van der Waals surface area contributed by atoms with Crippen LogP contribution < -0.4 is 5.69 Å². The van der Waals surface area contributed by atoms with Crippen LogP contribution in [-0.4, -0.2) is 19.4 Å². The minimum Gasteiger partial charge on any atom is -0.244 e. The van der Waals surface area contributed by atoms with Crippen LogP contribution in [0.1, 0.15) is 5.56 Å². The Balaban J connectivity index is 1.73. The standard InChI is InChI=1S/C24H14Cl2F2N4O/c25-17-5-1-15(2-6-17)21-12-29-32-23(22(21)16-3-7-18(26)8-4-16)30-31(24(32)33)13-14-9-19(27)11-20(28)10-14/h1-12H,13H2. The first-order valence-electron chi connectivity index (χ1n) is 9.85. The first-order chi connectivity index (χ1) is 15.9. The van der Waals surface area contributed by atoms with Crippen molar-refractivity contribution in [2.45, 2.75) is 6.54 Å². The third kappa shape index (κ3) is 4.13. The first kappa shape index (κ1) is 21.3. The van der Waals surface area contributed by atoms with Crippen LogP contribution in [0.5, 0.6) is 0 Å². The third-order valence-electron chi connectivity index (χ3n) is 5.16. The summed E-state index contributed by atoms with van der Waals surface area (Å²) in [5, 5.41) is 9.91. The maximum atomic E-state index is 13.6. The maximum Gasteiger partial charge on any atom is 0.367 e. The second-order valence-corrected chi connectivity index (χ2v) is 8.27. The van der Waals surface area contributed by atoms with E-state index in [1.165, 1.54) is 4.52 Å². The van der Waals surface area contributed by atoms with E-state index in [0.29, 0.717) is 21.3 Å². The molecule has 0 aliphatic rings. The van der Waals surface area contributed by atoms with Crippen LogP contribution in [0.25, 0.3) is 27.9 Å². The van der Waals surface area contributed by atoms with Gasteiger partial charge in [-0.05, 0) is 53.1 Å². The zero-order valence-corrected chi connectivity index (χ0v) is 18.4. The first-order valence-corrected chi connectivity index (χ1v) is 10.6. The van der Waals surface area contributed by atoms with Gasteiger partial charge in [0.2, 0.25) is 0 Å². The monoisotopic (exact) mass is 482 g/mol. The molecule has 0 unspecified atom stereocenters. The van der Waals surface area contributed by atoms with Crippen molar-refractivity contribution in [1.29, 1.82) is 0 Å². The molecule has 2 heterocycles. The molecule has 5 rings (SSSR count). The van der Waals surface area contributed by atoms with Crippen molar-refractivity contribution < 1.29 is 8.78 Å². The highest BCUT2D eigenvalue weighted by molar-refractivity contribution is 6.31. The summed E-state index contributed by atoms with van der Waals surface area (Å²) in [6.45, 7) is -0.118. The van der Waals surface area contributed by atoms with Crippen molar-refractivity contribution in [3.8, 4) is 22.3 Å². The Labute approximate surface area is 196 Å². The number of fused-ring (bicyclic) bond motifs is 1. The molecule has 5 nitrogen and oxygen atoms in total. The molecule has 0 saturated heterocycles. The van der Waals surface area contributed by atoms with Crippen LogP contribution in [0.3, 0.4) is 0 Å². The van der Waals surface area contributed by atoms with E-state index < -0.39 is 17.3 Å². The van der Waals surface area contributed by atoms with E-state index >= 15 is 0 Å². The van der Waals surface area contributed by atoms with Crippen LogP contribution in [0.2, 0.25) is 10.0 Å². The largest absolute Gasteiger partial charge is 0.367 e. The molecular weight excluding hydrogens is 469 g/mol. The highest BCUT2D eigenvalue weighted by atomic mass is 35.5. The number of rotatable bonds is 4. The van der Waals surface area contributed by atoms with Crippen LogP contribution in [0.4, 0.5) is 8.78 Å². The Morgan fingerprint density at radius 3 is 2.00 bits per heavy atom. The van der Waals surface area contributed by atoms with Crippen LogP contribution >= 0.6 is 23.2 Å². The SMILES string of the molecule is O=c1n(Cc2cc(F)cc(F)c2)nc2c(-c3ccc(Cl)cc3)c(-c3ccc(Cl)cc3)cnn12. The molecule has 2 aromatic heterocycles. The van der Waals surface area contributed by atoms with Crippen molar-refractivity contribution in [1.82, 2.24) is 19.4 Å². The molecule has 0 amide bonds. The van der Waals surface area contributed by atoms with Crippen molar-refractivity contribution in [3.63, 3.8) is 0 Å². The van der Waals surface area contributed by atoms with Crippen LogP contribution in [0, 0.1) is 11.6 Å². The number of aromatic nitrogens is 4. The topological polar surface area (TPSA) is 52.2 Å². The second-order valence-electron chi connectivity index (χ2n) is 7.40. The summed E-state index contributed by atoms with van der Waals surface area (Å²) in [4.78, 5) is 13.0. The highest BCUT2D eigenvalue weighted by Gasteiger charge is 2.19. The molecule has 0 N–H and O–H groups in total. The molecule has 164 valence electrons. The molecule has 0 bridgehead atoms. The Morgan fingerprint density at radius 1 is 0.818 bits per heavy atom. The minimum absolute atomic E-state index is 0.118. The van der Waals surface area contributed by atoms with E-state index in [9.17, 15) is 13.6 Å². The van der Waals surface area contributed by atoms with Gasteiger partial charge in [0.05, 0.1) is 12.7 Å². The fraction of sp³-hybridized carbons (Fsp3) is 0.0417. The molecule has 0 atom stereocenters. The summed E-state index contributed by atoms with van der Waals surface area (Å²) in [5.41, 5.74) is 3.02. The number of benzene rings is 3.